The van der Waals surface area contributed by atoms with E-state index in [9.17, 15) is 14.0 Å². The number of anilines is 1. The molecule has 1 aliphatic rings. The lowest BCUT2D eigenvalue weighted by Gasteiger charge is -2.29. The Morgan fingerprint density at radius 3 is 2.91 bits per heavy atom. The van der Waals surface area contributed by atoms with Crippen LogP contribution in [0.15, 0.2) is 42.7 Å². The fourth-order valence-corrected chi connectivity index (χ4v) is 2.64. The number of aryl methyl sites for hydroxylation is 1. The van der Waals surface area contributed by atoms with Crippen molar-refractivity contribution in [2.24, 2.45) is 0 Å². The number of pyridine rings is 1. The lowest BCUT2D eigenvalue weighted by Crippen LogP contribution is -2.43. The zero-order valence-corrected chi connectivity index (χ0v) is 12.5. The molecular weight excluding hydrogens is 297 g/mol. The summed E-state index contributed by atoms with van der Waals surface area (Å²) in [5.74, 6) is -1.05. The van der Waals surface area contributed by atoms with Gasteiger partial charge in [-0.15, -0.1) is 0 Å². The van der Waals surface area contributed by atoms with Crippen molar-refractivity contribution in [3.63, 3.8) is 0 Å². The van der Waals surface area contributed by atoms with E-state index in [1.807, 2.05) is 6.07 Å². The normalized spacial score (nSPS) is 13.6. The van der Waals surface area contributed by atoms with E-state index in [1.54, 1.807) is 30.6 Å². The molecule has 0 saturated heterocycles. The van der Waals surface area contributed by atoms with Gasteiger partial charge in [0.25, 0.3) is 0 Å². The number of halogens is 1. The Kier molecular flexibility index (Phi) is 4.32. The molecule has 2 heterocycles. The van der Waals surface area contributed by atoms with Crippen LogP contribution in [-0.2, 0) is 22.6 Å². The van der Waals surface area contributed by atoms with Gasteiger partial charge >= 0.3 is 0 Å². The highest BCUT2D eigenvalue weighted by atomic mass is 19.1. The molecule has 23 heavy (non-hydrogen) atoms. The smallest absolute Gasteiger partial charge is 0.240 e. The Labute approximate surface area is 133 Å². The predicted molar refractivity (Wildman–Crippen MR) is 83.2 cm³/mol. The first-order valence-electron chi connectivity index (χ1n) is 7.38. The second-order valence-corrected chi connectivity index (χ2v) is 5.37. The Morgan fingerprint density at radius 2 is 2.13 bits per heavy atom. The van der Waals surface area contributed by atoms with Crippen LogP contribution in [0, 0.1) is 5.82 Å². The van der Waals surface area contributed by atoms with Crippen LogP contribution in [0.3, 0.4) is 0 Å². The molecule has 1 aromatic carbocycles. The zero-order chi connectivity index (χ0) is 16.2. The molecule has 1 aromatic heterocycles. The van der Waals surface area contributed by atoms with E-state index in [-0.39, 0.29) is 30.5 Å². The molecule has 5 nitrogen and oxygen atoms in total. The van der Waals surface area contributed by atoms with Gasteiger partial charge in [0.05, 0.1) is 5.69 Å². The van der Waals surface area contributed by atoms with Gasteiger partial charge in [0, 0.05) is 25.4 Å². The van der Waals surface area contributed by atoms with E-state index in [2.05, 4.69) is 10.3 Å². The molecule has 118 valence electrons. The highest BCUT2D eigenvalue weighted by molar-refractivity contribution is 6.01. The number of nitrogens with zero attached hydrogens (tertiary/aromatic N) is 2. The number of amides is 2. The largest absolute Gasteiger partial charge is 0.350 e. The standard InChI is InChI=1S/C17H16FN3O2/c18-14-5-1-4-13-6-7-16(23)21(17(13)14)11-15(22)20-10-12-3-2-8-19-9-12/h1-5,8-9H,6-7,10-11H2,(H,20,22). The summed E-state index contributed by atoms with van der Waals surface area (Å²) in [6.45, 7) is 0.131. The quantitative estimate of drug-likeness (QED) is 0.936. The lowest BCUT2D eigenvalue weighted by molar-refractivity contribution is -0.124. The molecule has 0 spiro atoms. The Morgan fingerprint density at radius 1 is 1.26 bits per heavy atom. The van der Waals surface area contributed by atoms with Crippen molar-refractivity contribution in [1.29, 1.82) is 0 Å². The summed E-state index contributed by atoms with van der Waals surface area (Å²) in [7, 11) is 0. The van der Waals surface area contributed by atoms with Gasteiger partial charge in [0.1, 0.15) is 12.4 Å². The first kappa shape index (κ1) is 15.1. The molecule has 0 fully saturated rings. The first-order valence-corrected chi connectivity index (χ1v) is 7.38. The maximum atomic E-state index is 14.1. The Balaban J connectivity index is 1.70. The minimum absolute atomic E-state index is 0.187. The van der Waals surface area contributed by atoms with E-state index in [4.69, 9.17) is 0 Å². The van der Waals surface area contributed by atoms with Crippen LogP contribution >= 0.6 is 0 Å². The van der Waals surface area contributed by atoms with Crippen molar-refractivity contribution in [3.8, 4) is 0 Å². The number of benzene rings is 1. The van der Waals surface area contributed by atoms with Crippen LogP contribution in [0.4, 0.5) is 10.1 Å². The van der Waals surface area contributed by atoms with Crippen molar-refractivity contribution >= 4 is 17.5 Å². The molecule has 2 amide bonds. The predicted octanol–water partition coefficient (Wildman–Crippen LogP) is 1.82. The van der Waals surface area contributed by atoms with Gasteiger partial charge in [-0.2, -0.15) is 0 Å². The summed E-state index contributed by atoms with van der Waals surface area (Å²) >= 11 is 0. The van der Waals surface area contributed by atoms with Gasteiger partial charge < -0.3 is 5.32 Å². The van der Waals surface area contributed by atoms with Gasteiger partial charge in [-0.25, -0.2) is 4.39 Å². The number of carbonyl (C=O) groups is 2. The molecule has 3 rings (SSSR count). The third-order valence-electron chi connectivity index (χ3n) is 3.76. The Bertz CT molecular complexity index is 734. The summed E-state index contributed by atoms with van der Waals surface area (Å²) in [5, 5.41) is 2.72. The molecule has 0 bridgehead atoms. The number of rotatable bonds is 4. The molecule has 0 aliphatic carbocycles. The van der Waals surface area contributed by atoms with Crippen molar-refractivity contribution in [2.45, 2.75) is 19.4 Å². The average molecular weight is 313 g/mol. The number of para-hydroxylation sites is 1. The van der Waals surface area contributed by atoms with Crippen LogP contribution in [-0.4, -0.2) is 23.3 Å². The highest BCUT2D eigenvalue weighted by Gasteiger charge is 2.28. The minimum atomic E-state index is -0.476. The molecule has 0 unspecified atom stereocenters. The second-order valence-electron chi connectivity index (χ2n) is 5.37. The molecule has 2 aromatic rings. The SMILES string of the molecule is O=C(CN1C(=O)CCc2cccc(F)c21)NCc1cccnc1. The maximum Gasteiger partial charge on any atom is 0.240 e. The molecule has 0 radical (unpaired) electrons. The number of aromatic nitrogens is 1. The summed E-state index contributed by atoms with van der Waals surface area (Å²) in [4.78, 5) is 29.4. The first-order chi connectivity index (χ1) is 11.1. The molecule has 6 heteroatoms. The minimum Gasteiger partial charge on any atom is -0.350 e. The van der Waals surface area contributed by atoms with E-state index in [0.29, 0.717) is 13.0 Å². The molecule has 1 aliphatic heterocycles. The molecule has 1 N–H and O–H groups in total. The summed E-state index contributed by atoms with van der Waals surface area (Å²) in [5.41, 5.74) is 1.84. The monoisotopic (exact) mass is 313 g/mol. The van der Waals surface area contributed by atoms with Crippen molar-refractivity contribution in [1.82, 2.24) is 10.3 Å². The number of carbonyl (C=O) groups excluding carboxylic acids is 2. The van der Waals surface area contributed by atoms with Gasteiger partial charge in [-0.3, -0.25) is 19.5 Å². The van der Waals surface area contributed by atoms with Crippen LogP contribution < -0.4 is 10.2 Å². The van der Waals surface area contributed by atoms with Crippen LogP contribution in [0.25, 0.3) is 0 Å². The van der Waals surface area contributed by atoms with E-state index in [0.717, 1.165) is 11.1 Å². The number of fused-ring (bicyclic) bond motifs is 1. The van der Waals surface area contributed by atoms with Crippen LogP contribution in [0.1, 0.15) is 17.5 Å². The van der Waals surface area contributed by atoms with Gasteiger partial charge in [-0.05, 0) is 29.7 Å². The third-order valence-corrected chi connectivity index (χ3v) is 3.76. The third kappa shape index (κ3) is 3.36. The molecule has 0 atom stereocenters. The maximum absolute atomic E-state index is 14.1. The second kappa shape index (κ2) is 6.56. The van der Waals surface area contributed by atoms with Gasteiger partial charge in [-0.1, -0.05) is 18.2 Å². The lowest BCUT2D eigenvalue weighted by atomic mass is 10.0. The number of hydrogen-bond acceptors (Lipinski definition) is 3. The Hall–Kier alpha value is -2.76. The molecular formula is C17H16FN3O2. The van der Waals surface area contributed by atoms with Crippen LogP contribution in [0.5, 0.6) is 0 Å². The van der Waals surface area contributed by atoms with Gasteiger partial charge in [0.2, 0.25) is 11.8 Å². The van der Waals surface area contributed by atoms with Crippen molar-refractivity contribution < 1.29 is 14.0 Å². The fraction of sp³-hybridized carbons (Fsp3) is 0.235. The number of nitrogens with one attached hydrogen (secondary N) is 1. The average Bonchev–Trinajstić information content (AvgIpc) is 2.57. The topological polar surface area (TPSA) is 62.3 Å². The number of hydrogen-bond donors (Lipinski definition) is 1. The van der Waals surface area contributed by atoms with Crippen LogP contribution in [0.2, 0.25) is 0 Å². The van der Waals surface area contributed by atoms with Crippen molar-refractivity contribution in [3.05, 3.63) is 59.7 Å². The van der Waals surface area contributed by atoms with Crippen molar-refractivity contribution in [2.75, 3.05) is 11.4 Å². The van der Waals surface area contributed by atoms with E-state index < -0.39 is 5.82 Å². The highest BCUT2D eigenvalue weighted by Crippen LogP contribution is 2.30. The van der Waals surface area contributed by atoms with E-state index in [1.165, 1.54) is 11.0 Å². The summed E-state index contributed by atoms with van der Waals surface area (Å²) < 4.78 is 14.1. The van der Waals surface area contributed by atoms with E-state index >= 15 is 0 Å². The molecule has 0 saturated carbocycles. The zero-order valence-electron chi connectivity index (χ0n) is 12.5. The fourth-order valence-electron chi connectivity index (χ4n) is 2.64. The summed E-state index contributed by atoms with van der Waals surface area (Å²) in [6.07, 6.45) is 4.09. The van der Waals surface area contributed by atoms with Gasteiger partial charge in [0.15, 0.2) is 0 Å². The summed E-state index contributed by atoms with van der Waals surface area (Å²) in [6, 6.07) is 8.32.